The van der Waals surface area contributed by atoms with Crippen molar-refractivity contribution in [2.75, 3.05) is 7.11 Å². The van der Waals surface area contributed by atoms with E-state index in [-0.39, 0.29) is 0 Å². The number of halogens is 1. The molecule has 2 rings (SSSR count). The highest BCUT2D eigenvalue weighted by atomic mass is 79.9. The van der Waals surface area contributed by atoms with E-state index in [4.69, 9.17) is 4.42 Å². The summed E-state index contributed by atoms with van der Waals surface area (Å²) in [7, 11) is 1.32. The second kappa shape index (κ2) is 3.42. The molecule has 0 unspecified atom stereocenters. The van der Waals surface area contributed by atoms with E-state index >= 15 is 0 Å². The van der Waals surface area contributed by atoms with Crippen LogP contribution in [-0.4, -0.2) is 18.1 Å². The molecule has 5 heteroatoms. The fourth-order valence-electron chi connectivity index (χ4n) is 1.18. The smallest absolute Gasteiger partial charge is 0.344 e. The predicted octanol–water partition coefficient (Wildman–Crippen LogP) is 2.38. The van der Waals surface area contributed by atoms with Gasteiger partial charge in [0.15, 0.2) is 10.3 Å². The summed E-state index contributed by atoms with van der Waals surface area (Å²) in [5.41, 5.74) is 1.38. The lowest BCUT2D eigenvalue weighted by Crippen LogP contribution is -2.01. The predicted molar refractivity (Wildman–Crippen MR) is 53.0 cm³/mol. The molecule has 0 atom stereocenters. The number of rotatable bonds is 1. The molecule has 0 amide bonds. The third kappa shape index (κ3) is 1.29. The molecular formula is C9H6BrNO3. The van der Waals surface area contributed by atoms with Gasteiger partial charge in [-0.2, -0.15) is 0 Å². The maximum absolute atomic E-state index is 11.4. The van der Waals surface area contributed by atoms with E-state index in [0.717, 1.165) is 0 Å². The van der Waals surface area contributed by atoms with Gasteiger partial charge in [-0.15, -0.1) is 0 Å². The van der Waals surface area contributed by atoms with Crippen LogP contribution in [0.4, 0.5) is 0 Å². The molecule has 4 nitrogen and oxygen atoms in total. The van der Waals surface area contributed by atoms with Crippen LogP contribution in [0.15, 0.2) is 27.4 Å². The number of hydrogen-bond donors (Lipinski definition) is 0. The average molecular weight is 256 g/mol. The topological polar surface area (TPSA) is 52.3 Å². The SMILES string of the molecule is COC(=O)c1c(Br)oc2cccnc12. The molecular weight excluding hydrogens is 250 g/mol. The van der Waals surface area contributed by atoms with E-state index in [1.807, 2.05) is 0 Å². The summed E-state index contributed by atoms with van der Waals surface area (Å²) in [6.07, 6.45) is 1.59. The Balaban J connectivity index is 2.74. The maximum Gasteiger partial charge on any atom is 0.344 e. The van der Waals surface area contributed by atoms with Crippen LogP contribution in [0.2, 0.25) is 0 Å². The zero-order valence-corrected chi connectivity index (χ0v) is 8.87. The number of carbonyl (C=O) groups is 1. The second-order valence-corrected chi connectivity index (χ2v) is 3.31. The number of fused-ring (bicyclic) bond motifs is 1. The molecule has 0 spiro atoms. The van der Waals surface area contributed by atoms with Crippen molar-refractivity contribution in [3.63, 3.8) is 0 Å². The molecule has 0 aliphatic rings. The molecule has 72 valence electrons. The largest absolute Gasteiger partial charge is 0.465 e. The standard InChI is InChI=1S/C9H6BrNO3/c1-13-9(12)6-7-5(14-8(6)10)3-2-4-11-7/h2-4H,1H3. The van der Waals surface area contributed by atoms with E-state index in [1.165, 1.54) is 7.11 Å². The van der Waals surface area contributed by atoms with Crippen LogP contribution in [0, 0.1) is 0 Å². The summed E-state index contributed by atoms with van der Waals surface area (Å²) in [6, 6.07) is 3.47. The summed E-state index contributed by atoms with van der Waals surface area (Å²) < 4.78 is 10.2. The number of aromatic nitrogens is 1. The summed E-state index contributed by atoms with van der Waals surface area (Å²) in [5, 5.41) is 0. The van der Waals surface area contributed by atoms with Gasteiger partial charge in [0, 0.05) is 6.20 Å². The number of furan rings is 1. The van der Waals surface area contributed by atoms with Gasteiger partial charge in [0.1, 0.15) is 11.1 Å². The first kappa shape index (κ1) is 9.21. The first-order valence-electron chi connectivity index (χ1n) is 3.85. The monoisotopic (exact) mass is 255 g/mol. The van der Waals surface area contributed by atoms with E-state index in [9.17, 15) is 4.79 Å². The van der Waals surface area contributed by atoms with Crippen molar-refractivity contribution in [1.29, 1.82) is 0 Å². The van der Waals surface area contributed by atoms with Gasteiger partial charge in [0.2, 0.25) is 0 Å². The molecule has 2 heterocycles. The van der Waals surface area contributed by atoms with Gasteiger partial charge >= 0.3 is 5.97 Å². The normalized spacial score (nSPS) is 10.4. The molecule has 14 heavy (non-hydrogen) atoms. The molecule has 0 saturated heterocycles. The van der Waals surface area contributed by atoms with E-state index in [0.29, 0.717) is 21.3 Å². The van der Waals surface area contributed by atoms with Crippen molar-refractivity contribution in [1.82, 2.24) is 4.98 Å². The molecule has 0 fully saturated rings. The van der Waals surface area contributed by atoms with Crippen LogP contribution in [0.1, 0.15) is 10.4 Å². The van der Waals surface area contributed by atoms with Crippen LogP contribution in [0.3, 0.4) is 0 Å². The van der Waals surface area contributed by atoms with Crippen LogP contribution in [-0.2, 0) is 4.74 Å². The Morgan fingerprint density at radius 2 is 2.43 bits per heavy atom. The number of methoxy groups -OCH3 is 1. The first-order valence-corrected chi connectivity index (χ1v) is 4.64. The molecule has 0 aliphatic carbocycles. The summed E-state index contributed by atoms with van der Waals surface area (Å²) in [5.74, 6) is -0.464. The van der Waals surface area contributed by atoms with Crippen LogP contribution in [0.25, 0.3) is 11.1 Å². The Hall–Kier alpha value is -1.36. The number of esters is 1. The molecule has 0 bridgehead atoms. The van der Waals surface area contributed by atoms with Crippen LogP contribution < -0.4 is 0 Å². The number of carbonyl (C=O) groups excluding carboxylic acids is 1. The summed E-state index contributed by atoms with van der Waals surface area (Å²) >= 11 is 3.14. The zero-order valence-electron chi connectivity index (χ0n) is 7.28. The van der Waals surface area contributed by atoms with Gasteiger partial charge in [0.25, 0.3) is 0 Å². The van der Waals surface area contributed by atoms with E-state index in [2.05, 4.69) is 25.7 Å². The highest BCUT2D eigenvalue weighted by molar-refractivity contribution is 9.10. The number of pyridine rings is 1. The third-order valence-electron chi connectivity index (χ3n) is 1.79. The zero-order chi connectivity index (χ0) is 10.1. The second-order valence-electron chi connectivity index (χ2n) is 2.59. The Kier molecular flexibility index (Phi) is 2.25. The molecule has 0 radical (unpaired) electrons. The van der Waals surface area contributed by atoms with Gasteiger partial charge in [-0.3, -0.25) is 4.98 Å². The number of ether oxygens (including phenoxy) is 1. The van der Waals surface area contributed by atoms with Crippen molar-refractivity contribution in [3.05, 3.63) is 28.6 Å². The molecule has 0 aliphatic heterocycles. The molecule has 0 aromatic carbocycles. The molecule has 2 aromatic rings. The highest BCUT2D eigenvalue weighted by Gasteiger charge is 2.20. The van der Waals surface area contributed by atoms with Crippen LogP contribution >= 0.6 is 15.9 Å². The van der Waals surface area contributed by atoms with E-state index < -0.39 is 5.97 Å². The average Bonchev–Trinajstić information content (AvgIpc) is 2.53. The first-order chi connectivity index (χ1) is 6.74. The minimum absolute atomic E-state index is 0.322. The number of nitrogens with zero attached hydrogens (tertiary/aromatic N) is 1. The van der Waals surface area contributed by atoms with Gasteiger partial charge in [-0.25, -0.2) is 4.79 Å². The summed E-state index contributed by atoms with van der Waals surface area (Å²) in [4.78, 5) is 15.4. The minimum atomic E-state index is -0.464. The fraction of sp³-hybridized carbons (Fsp3) is 0.111. The molecule has 2 aromatic heterocycles. The molecule has 0 N–H and O–H groups in total. The lowest BCUT2D eigenvalue weighted by atomic mass is 10.3. The Labute approximate surface area is 88.0 Å². The van der Waals surface area contributed by atoms with Gasteiger partial charge < -0.3 is 9.15 Å². The quantitative estimate of drug-likeness (QED) is 0.735. The maximum atomic E-state index is 11.4. The van der Waals surface area contributed by atoms with Crippen molar-refractivity contribution < 1.29 is 13.9 Å². The molecule has 0 saturated carbocycles. The van der Waals surface area contributed by atoms with Gasteiger partial charge in [-0.05, 0) is 28.1 Å². The lowest BCUT2D eigenvalue weighted by Gasteiger charge is -1.94. The van der Waals surface area contributed by atoms with Crippen molar-refractivity contribution in [2.45, 2.75) is 0 Å². The lowest BCUT2D eigenvalue weighted by molar-refractivity contribution is 0.0600. The minimum Gasteiger partial charge on any atom is -0.465 e. The van der Waals surface area contributed by atoms with Crippen molar-refractivity contribution in [3.8, 4) is 0 Å². The Morgan fingerprint density at radius 3 is 3.14 bits per heavy atom. The van der Waals surface area contributed by atoms with E-state index in [1.54, 1.807) is 18.3 Å². The van der Waals surface area contributed by atoms with Crippen molar-refractivity contribution >= 4 is 33.0 Å². The van der Waals surface area contributed by atoms with Crippen LogP contribution in [0.5, 0.6) is 0 Å². The van der Waals surface area contributed by atoms with Gasteiger partial charge in [0.05, 0.1) is 7.11 Å². The third-order valence-corrected chi connectivity index (χ3v) is 2.35. The van der Waals surface area contributed by atoms with Gasteiger partial charge in [-0.1, -0.05) is 0 Å². The summed E-state index contributed by atoms with van der Waals surface area (Å²) in [6.45, 7) is 0. The fourth-order valence-corrected chi connectivity index (χ4v) is 1.70. The Morgan fingerprint density at radius 1 is 1.64 bits per heavy atom. The van der Waals surface area contributed by atoms with Crippen molar-refractivity contribution in [2.24, 2.45) is 0 Å². The highest BCUT2D eigenvalue weighted by Crippen LogP contribution is 2.28. The number of hydrogen-bond acceptors (Lipinski definition) is 4. The Bertz CT molecular complexity index is 492.